The van der Waals surface area contributed by atoms with E-state index in [1.54, 1.807) is 6.20 Å². The number of nitrogens with zero attached hydrogens (tertiary/aromatic N) is 2. The summed E-state index contributed by atoms with van der Waals surface area (Å²) in [6.45, 7) is 5.21. The van der Waals surface area contributed by atoms with Crippen molar-refractivity contribution >= 4 is 0 Å². The van der Waals surface area contributed by atoms with Gasteiger partial charge in [-0.15, -0.1) is 0 Å². The van der Waals surface area contributed by atoms with Crippen LogP contribution >= 0.6 is 0 Å². The summed E-state index contributed by atoms with van der Waals surface area (Å²) in [5.74, 6) is 1.52. The Morgan fingerprint density at radius 2 is 2.32 bits per heavy atom. The van der Waals surface area contributed by atoms with Crippen LogP contribution in [0.25, 0.3) is 0 Å². The molecule has 19 heavy (non-hydrogen) atoms. The van der Waals surface area contributed by atoms with E-state index in [9.17, 15) is 5.11 Å². The van der Waals surface area contributed by atoms with Crippen LogP contribution in [0.4, 0.5) is 0 Å². The number of ether oxygens (including phenoxy) is 2. The molecule has 1 N–H and O–H groups in total. The Bertz CT molecular complexity index is 404. The van der Waals surface area contributed by atoms with Crippen LogP contribution in [0, 0.1) is 0 Å². The molecule has 0 aromatic carbocycles. The fourth-order valence-corrected chi connectivity index (χ4v) is 2.06. The smallest absolute Gasteiger partial charge is 0.161 e. The molecule has 0 spiro atoms. The number of rotatable bonds is 5. The van der Waals surface area contributed by atoms with Gasteiger partial charge in [-0.2, -0.15) is 0 Å². The molecule has 1 saturated heterocycles. The van der Waals surface area contributed by atoms with E-state index < -0.39 is 0 Å². The topological polar surface area (TPSA) is 64.5 Å². The molecule has 1 aliphatic heterocycles. The van der Waals surface area contributed by atoms with Gasteiger partial charge in [-0.05, 0) is 19.3 Å². The third-order valence-electron chi connectivity index (χ3n) is 3.21. The van der Waals surface area contributed by atoms with E-state index in [-0.39, 0.29) is 18.6 Å². The summed E-state index contributed by atoms with van der Waals surface area (Å²) in [5, 5.41) is 9.36. The third kappa shape index (κ3) is 3.88. The third-order valence-corrected chi connectivity index (χ3v) is 3.21. The minimum atomic E-state index is -0.136. The molecule has 1 aliphatic rings. The molecule has 2 heterocycles. The highest BCUT2D eigenvalue weighted by atomic mass is 16.5. The Morgan fingerprint density at radius 1 is 1.47 bits per heavy atom. The van der Waals surface area contributed by atoms with E-state index in [4.69, 9.17) is 9.47 Å². The van der Waals surface area contributed by atoms with Gasteiger partial charge in [-0.1, -0.05) is 13.8 Å². The first-order valence-electron chi connectivity index (χ1n) is 6.91. The van der Waals surface area contributed by atoms with Crippen molar-refractivity contribution in [2.45, 2.75) is 51.7 Å². The zero-order valence-corrected chi connectivity index (χ0v) is 11.6. The molecule has 0 bridgehead atoms. The Kier molecular flexibility index (Phi) is 5.10. The van der Waals surface area contributed by atoms with E-state index in [1.807, 2.05) is 13.8 Å². The number of aliphatic hydroxyl groups is 1. The van der Waals surface area contributed by atoms with Crippen LogP contribution in [0.3, 0.4) is 0 Å². The molecule has 0 amide bonds. The molecule has 1 aromatic rings. The Labute approximate surface area is 114 Å². The molecule has 0 aliphatic carbocycles. The second kappa shape index (κ2) is 6.82. The summed E-state index contributed by atoms with van der Waals surface area (Å²) in [7, 11) is 0. The van der Waals surface area contributed by atoms with Crippen molar-refractivity contribution in [3.05, 3.63) is 17.7 Å². The van der Waals surface area contributed by atoms with Crippen LogP contribution < -0.4 is 4.74 Å². The molecule has 1 fully saturated rings. The lowest BCUT2D eigenvalue weighted by atomic mass is 10.1. The Morgan fingerprint density at radius 3 is 2.95 bits per heavy atom. The summed E-state index contributed by atoms with van der Waals surface area (Å²) in [6.07, 6.45) is 5.13. The molecule has 5 heteroatoms. The quantitative estimate of drug-likeness (QED) is 0.883. The lowest BCUT2D eigenvalue weighted by molar-refractivity contribution is -0.0116. The van der Waals surface area contributed by atoms with Crippen molar-refractivity contribution in [3.8, 4) is 5.75 Å². The van der Waals surface area contributed by atoms with Gasteiger partial charge in [0.2, 0.25) is 0 Å². The second-order valence-electron chi connectivity index (χ2n) is 5.15. The highest BCUT2D eigenvalue weighted by Gasteiger charge is 2.16. The van der Waals surface area contributed by atoms with Gasteiger partial charge in [0.25, 0.3) is 0 Å². The van der Waals surface area contributed by atoms with Gasteiger partial charge >= 0.3 is 0 Å². The zero-order chi connectivity index (χ0) is 13.7. The molecule has 0 radical (unpaired) electrons. The largest absolute Gasteiger partial charge is 0.487 e. The van der Waals surface area contributed by atoms with Crippen molar-refractivity contribution in [1.29, 1.82) is 0 Å². The summed E-state index contributed by atoms with van der Waals surface area (Å²) in [5.41, 5.74) is 0.550. The van der Waals surface area contributed by atoms with Gasteiger partial charge in [-0.3, -0.25) is 0 Å². The fraction of sp³-hybridized carbons (Fsp3) is 0.714. The number of aliphatic hydroxyl groups excluding tert-OH is 1. The summed E-state index contributed by atoms with van der Waals surface area (Å²) in [6, 6.07) is 0. The Balaban J connectivity index is 1.98. The van der Waals surface area contributed by atoms with E-state index >= 15 is 0 Å². The predicted octanol–water partition coefficient (Wildman–Crippen LogP) is 2.04. The van der Waals surface area contributed by atoms with Crippen LogP contribution in [0.5, 0.6) is 5.75 Å². The zero-order valence-electron chi connectivity index (χ0n) is 11.6. The van der Waals surface area contributed by atoms with Crippen LogP contribution in [-0.2, 0) is 11.3 Å². The summed E-state index contributed by atoms with van der Waals surface area (Å²) < 4.78 is 11.3. The van der Waals surface area contributed by atoms with Crippen molar-refractivity contribution in [2.24, 2.45) is 0 Å². The van der Waals surface area contributed by atoms with E-state index in [1.165, 1.54) is 6.42 Å². The fourth-order valence-electron chi connectivity index (χ4n) is 2.06. The first-order chi connectivity index (χ1) is 9.20. The van der Waals surface area contributed by atoms with Gasteiger partial charge in [-0.25, -0.2) is 9.97 Å². The molecule has 1 unspecified atom stereocenters. The number of hydrogen-bond donors (Lipinski definition) is 1. The molecule has 2 rings (SSSR count). The minimum Gasteiger partial charge on any atom is -0.487 e. The lowest BCUT2D eigenvalue weighted by Gasteiger charge is -2.23. The van der Waals surface area contributed by atoms with Crippen molar-refractivity contribution < 1.29 is 14.6 Å². The maximum Gasteiger partial charge on any atom is 0.161 e. The highest BCUT2D eigenvalue weighted by Crippen LogP contribution is 2.20. The molecule has 1 atom stereocenters. The normalized spacial score (nSPS) is 19.7. The number of hydrogen-bond acceptors (Lipinski definition) is 5. The van der Waals surface area contributed by atoms with E-state index in [0.717, 1.165) is 25.3 Å². The molecular formula is C14H22N2O3. The van der Waals surface area contributed by atoms with Crippen molar-refractivity contribution in [3.63, 3.8) is 0 Å². The predicted molar refractivity (Wildman–Crippen MR) is 71.1 cm³/mol. The van der Waals surface area contributed by atoms with Gasteiger partial charge in [0, 0.05) is 12.5 Å². The maximum absolute atomic E-state index is 9.36. The molecule has 5 nitrogen and oxygen atoms in total. The minimum absolute atomic E-state index is 0.136. The molecule has 106 valence electrons. The van der Waals surface area contributed by atoms with E-state index in [2.05, 4.69) is 9.97 Å². The van der Waals surface area contributed by atoms with Crippen LogP contribution in [0.15, 0.2) is 6.20 Å². The average Bonchev–Trinajstić information content (AvgIpc) is 2.45. The van der Waals surface area contributed by atoms with Crippen LogP contribution in [0.2, 0.25) is 0 Å². The van der Waals surface area contributed by atoms with Gasteiger partial charge < -0.3 is 14.6 Å². The van der Waals surface area contributed by atoms with E-state index in [0.29, 0.717) is 18.1 Å². The molecule has 1 aromatic heterocycles. The molecular weight excluding hydrogens is 244 g/mol. The molecule has 0 saturated carbocycles. The average molecular weight is 266 g/mol. The van der Waals surface area contributed by atoms with Crippen molar-refractivity contribution in [1.82, 2.24) is 9.97 Å². The lowest BCUT2D eigenvalue weighted by Crippen LogP contribution is -2.26. The standard InChI is InChI=1S/C14H22N2O3/c1-10(2)14-15-7-13(12(8-17)16-14)19-9-11-5-3-4-6-18-11/h7,10-11,17H,3-6,8-9H2,1-2H3. The second-order valence-corrected chi connectivity index (χ2v) is 5.15. The first kappa shape index (κ1) is 14.2. The summed E-state index contributed by atoms with van der Waals surface area (Å²) >= 11 is 0. The monoisotopic (exact) mass is 266 g/mol. The first-order valence-corrected chi connectivity index (χ1v) is 6.91. The van der Waals surface area contributed by atoms with Crippen molar-refractivity contribution in [2.75, 3.05) is 13.2 Å². The summed E-state index contributed by atoms with van der Waals surface area (Å²) in [4.78, 5) is 8.59. The maximum atomic E-state index is 9.36. The SMILES string of the molecule is CC(C)c1ncc(OCC2CCCCO2)c(CO)n1. The highest BCUT2D eigenvalue weighted by molar-refractivity contribution is 5.24. The van der Waals surface area contributed by atoms with Gasteiger partial charge in [0.1, 0.15) is 18.1 Å². The van der Waals surface area contributed by atoms with Crippen LogP contribution in [0.1, 0.15) is 50.5 Å². The van der Waals surface area contributed by atoms with Gasteiger partial charge in [0.05, 0.1) is 18.9 Å². The van der Waals surface area contributed by atoms with Crippen LogP contribution in [-0.4, -0.2) is 34.4 Å². The van der Waals surface area contributed by atoms with Gasteiger partial charge in [0.15, 0.2) is 5.75 Å². The Hall–Kier alpha value is -1.20. The number of aromatic nitrogens is 2.